The maximum Gasteiger partial charge on any atom is 0.417 e. The molecule has 0 aliphatic heterocycles. The van der Waals surface area contributed by atoms with Gasteiger partial charge in [-0.2, -0.15) is 18.4 Å². The van der Waals surface area contributed by atoms with Gasteiger partial charge in [0.1, 0.15) is 0 Å². The first-order chi connectivity index (χ1) is 20.3. The number of rotatable bonds is 11. The van der Waals surface area contributed by atoms with Gasteiger partial charge in [0, 0.05) is 6.07 Å². The number of alkyl halides is 3. The third-order valence-electron chi connectivity index (χ3n) is 6.99. The zero-order valence-electron chi connectivity index (χ0n) is 23.1. The van der Waals surface area contributed by atoms with Gasteiger partial charge in [0.15, 0.2) is 6.61 Å². The van der Waals surface area contributed by atoms with Crippen molar-refractivity contribution in [2.45, 2.75) is 32.0 Å². The minimum atomic E-state index is -4.44. The molecule has 0 spiro atoms. The number of hydrogen-bond acceptors (Lipinski definition) is 3. The van der Waals surface area contributed by atoms with Gasteiger partial charge in [0.05, 0.1) is 41.0 Å². The van der Waals surface area contributed by atoms with Crippen LogP contribution >= 0.6 is 0 Å². The lowest BCUT2D eigenvalue weighted by molar-refractivity contribution is -0.139. The highest BCUT2D eigenvalue weighted by Gasteiger charge is 2.33. The van der Waals surface area contributed by atoms with Crippen LogP contribution in [-0.4, -0.2) is 17.8 Å². The fraction of sp³-hybridized carbons (Fsp3) is 0.200. The summed E-state index contributed by atoms with van der Waals surface area (Å²) < 4.78 is 49.7. The quantitative estimate of drug-likeness (QED) is 0.135. The van der Waals surface area contributed by atoms with Crippen LogP contribution in [0.3, 0.4) is 0 Å². The molecule has 0 aliphatic carbocycles. The first-order valence-corrected chi connectivity index (χ1v) is 13.5. The minimum absolute atomic E-state index is 0.0881. The summed E-state index contributed by atoms with van der Waals surface area (Å²) in [5, 5.41) is 9.09. The number of aliphatic hydroxyl groups is 1. The largest absolute Gasteiger partial charge is 0.579 e. The zero-order chi connectivity index (χ0) is 30.0. The number of allylic oxidation sites excluding steroid dienone is 1. The molecule has 0 aromatic heterocycles. The molecule has 0 fully saturated rings. The average molecular weight is 571 g/mol. The Hall–Kier alpha value is -4.83. The van der Waals surface area contributed by atoms with Crippen LogP contribution in [0, 0.1) is 17.2 Å². The number of carbonyl (C=O) groups is 1. The molecule has 4 nitrogen and oxygen atoms in total. The summed E-state index contributed by atoms with van der Waals surface area (Å²) in [7, 11) is 1.35. The van der Waals surface area contributed by atoms with Crippen LogP contribution in [0.5, 0.6) is 5.75 Å². The molecule has 1 N–H and O–H groups in total. The van der Waals surface area contributed by atoms with E-state index in [4.69, 9.17) is 10.00 Å². The second-order valence-electron chi connectivity index (χ2n) is 9.89. The fourth-order valence-corrected chi connectivity index (χ4v) is 4.68. The third-order valence-corrected chi connectivity index (χ3v) is 6.99. The van der Waals surface area contributed by atoms with Crippen LogP contribution in [0.25, 0.3) is 6.08 Å². The van der Waals surface area contributed by atoms with E-state index in [0.717, 1.165) is 35.6 Å². The highest BCUT2D eigenvalue weighted by atomic mass is 19.4. The lowest BCUT2D eigenvalue weighted by Crippen LogP contribution is -2.10. The van der Waals surface area contributed by atoms with Gasteiger partial charge >= 0.3 is 12.1 Å². The standard InChI is InChI=1S/C35H30F3NO3/c1-41-34(40)30-20-17-27(18-21-30)22-26(13-10-25-11-14-28(23-39)15-12-25)16-19-29-6-3-5-9-33(29)42-24-31-7-2-4-8-32(31)35(36,37)38/h2-9,11-12,14-21,26H,10,13,22,24H2,1H3/p+1/b19-16+. The van der Waals surface area contributed by atoms with Crippen molar-refractivity contribution in [2.24, 2.45) is 5.92 Å². The van der Waals surface area contributed by atoms with Crippen LogP contribution in [0.4, 0.5) is 13.2 Å². The minimum Gasteiger partial charge on any atom is -0.579 e. The summed E-state index contributed by atoms with van der Waals surface area (Å²) in [6, 6.07) is 29.9. The highest BCUT2D eigenvalue weighted by molar-refractivity contribution is 5.89. The number of aryl methyl sites for hydroxylation is 1. The number of hydrogen-bond donors (Lipinski definition) is 0. The molecule has 0 saturated carbocycles. The third kappa shape index (κ3) is 8.34. The number of nitriles is 1. The lowest BCUT2D eigenvalue weighted by atomic mass is 9.91. The molecule has 0 heterocycles. The Kier molecular flexibility index (Phi) is 10.2. The number of nitrogens with zero attached hydrogens (tertiary/aromatic N) is 1. The summed E-state index contributed by atoms with van der Waals surface area (Å²) in [4.78, 5) is 11.8. The lowest BCUT2D eigenvalue weighted by Gasteiger charge is -2.15. The van der Waals surface area contributed by atoms with E-state index in [9.17, 15) is 18.0 Å². The molecular formula is C35H31F3NO3+. The number of ether oxygens (including phenoxy) is 2. The van der Waals surface area contributed by atoms with E-state index in [1.165, 1.54) is 19.2 Å². The van der Waals surface area contributed by atoms with Gasteiger partial charge in [-0.25, -0.2) is 4.79 Å². The maximum atomic E-state index is 13.5. The Balaban J connectivity index is 1.53. The van der Waals surface area contributed by atoms with Crippen LogP contribution in [0.1, 0.15) is 50.2 Å². The average Bonchev–Trinajstić information content (AvgIpc) is 3.01. The molecule has 7 heteroatoms. The smallest absolute Gasteiger partial charge is 0.417 e. The molecule has 42 heavy (non-hydrogen) atoms. The Morgan fingerprint density at radius 2 is 1.60 bits per heavy atom. The Bertz CT molecular complexity index is 1550. The van der Waals surface area contributed by atoms with Gasteiger partial charge in [-0.3, -0.25) is 0 Å². The van der Waals surface area contributed by atoms with E-state index >= 15 is 0 Å². The van der Waals surface area contributed by atoms with Gasteiger partial charge in [-0.1, -0.05) is 54.6 Å². The van der Waals surface area contributed by atoms with Crippen molar-refractivity contribution in [3.8, 4) is 11.8 Å². The number of aromatic hydroxyl groups is 1. The first-order valence-electron chi connectivity index (χ1n) is 13.5. The SMILES string of the molecule is COC(=O)c1ccc(CC(/C=C/c2ccccc2[OH+]Cc2ccccc2C(F)(F)F)CCc2ccc(C#N)cc2)cc1. The number of esters is 1. The first kappa shape index (κ1) is 30.1. The topological polar surface area (TPSA) is 62.9 Å². The summed E-state index contributed by atoms with van der Waals surface area (Å²) in [6.07, 6.45) is 1.96. The summed E-state index contributed by atoms with van der Waals surface area (Å²) in [6.45, 7) is -0.0881. The predicted molar refractivity (Wildman–Crippen MR) is 157 cm³/mol. The zero-order valence-corrected chi connectivity index (χ0v) is 23.1. The van der Waals surface area contributed by atoms with Crippen molar-refractivity contribution in [3.05, 3.63) is 142 Å². The molecule has 4 rings (SSSR count). The molecule has 0 amide bonds. The molecule has 4 aromatic rings. The van der Waals surface area contributed by atoms with E-state index < -0.39 is 17.7 Å². The van der Waals surface area contributed by atoms with E-state index in [0.29, 0.717) is 23.3 Å². The summed E-state index contributed by atoms with van der Waals surface area (Å²) >= 11 is 0. The number of carbonyl (C=O) groups excluding carboxylic acids is 1. The van der Waals surface area contributed by atoms with Crippen LogP contribution < -0.4 is 0 Å². The molecule has 1 atom stereocenters. The number of halogens is 3. The molecule has 0 saturated heterocycles. The van der Waals surface area contributed by atoms with E-state index in [-0.39, 0.29) is 18.1 Å². The summed E-state index contributed by atoms with van der Waals surface area (Å²) in [5.74, 6) is 0.333. The Morgan fingerprint density at radius 1 is 0.929 bits per heavy atom. The fourth-order valence-electron chi connectivity index (χ4n) is 4.68. The van der Waals surface area contributed by atoms with Crippen molar-refractivity contribution in [1.82, 2.24) is 0 Å². The van der Waals surface area contributed by atoms with Crippen molar-refractivity contribution in [2.75, 3.05) is 7.11 Å². The van der Waals surface area contributed by atoms with Crippen molar-refractivity contribution >= 4 is 12.0 Å². The molecule has 4 aromatic carbocycles. The van der Waals surface area contributed by atoms with Crippen LogP contribution in [-0.2, 0) is 30.4 Å². The van der Waals surface area contributed by atoms with Gasteiger partial charge in [0.25, 0.3) is 5.75 Å². The van der Waals surface area contributed by atoms with E-state index in [2.05, 4.69) is 16.9 Å². The molecule has 0 bridgehead atoms. The highest BCUT2D eigenvalue weighted by Crippen LogP contribution is 2.33. The van der Waals surface area contributed by atoms with E-state index in [1.54, 1.807) is 36.4 Å². The van der Waals surface area contributed by atoms with Gasteiger partial charge in [-0.15, -0.1) is 0 Å². The number of para-hydroxylation sites is 1. The van der Waals surface area contributed by atoms with E-state index in [1.807, 2.05) is 48.5 Å². The Labute approximate surface area is 243 Å². The molecule has 1 unspecified atom stereocenters. The van der Waals surface area contributed by atoms with Crippen LogP contribution in [0.2, 0.25) is 0 Å². The molecule has 0 radical (unpaired) electrons. The van der Waals surface area contributed by atoms with Gasteiger partial charge < -0.3 is 9.47 Å². The van der Waals surface area contributed by atoms with Gasteiger partial charge in [-0.05, 0) is 84.8 Å². The normalized spacial score (nSPS) is 12.1. The summed E-state index contributed by atoms with van der Waals surface area (Å²) in [5.41, 5.74) is 3.52. The predicted octanol–water partition coefficient (Wildman–Crippen LogP) is 8.31. The number of methoxy groups -OCH3 is 1. The Morgan fingerprint density at radius 3 is 2.29 bits per heavy atom. The molecule has 0 aliphatic rings. The van der Waals surface area contributed by atoms with Crippen molar-refractivity contribution < 1.29 is 27.4 Å². The second kappa shape index (κ2) is 14.2. The van der Waals surface area contributed by atoms with Crippen molar-refractivity contribution in [1.29, 1.82) is 5.26 Å². The molecular weight excluding hydrogens is 539 g/mol. The monoisotopic (exact) mass is 570 g/mol. The maximum absolute atomic E-state index is 13.5. The van der Waals surface area contributed by atoms with Gasteiger partial charge in [0.2, 0.25) is 0 Å². The van der Waals surface area contributed by atoms with Crippen molar-refractivity contribution in [3.63, 3.8) is 0 Å². The van der Waals surface area contributed by atoms with Crippen LogP contribution in [0.15, 0.2) is 103 Å². The second-order valence-corrected chi connectivity index (χ2v) is 9.89. The molecule has 214 valence electrons. The number of benzene rings is 4.